The number of aromatic nitrogens is 3. The molecule has 0 fully saturated rings. The van der Waals surface area contributed by atoms with Gasteiger partial charge in [-0.1, -0.05) is 72.4 Å². The van der Waals surface area contributed by atoms with Crippen LogP contribution in [-0.4, -0.2) is 26.4 Å². The van der Waals surface area contributed by atoms with Gasteiger partial charge >= 0.3 is 0 Å². The normalized spacial score (nSPS) is 10.8. The number of benzene rings is 3. The summed E-state index contributed by atoms with van der Waals surface area (Å²) in [6.07, 6.45) is 0.736. The topological polar surface area (TPSA) is 59.8 Å². The molecule has 3 aromatic carbocycles. The first-order chi connectivity index (χ1) is 15.1. The van der Waals surface area contributed by atoms with Gasteiger partial charge in [0, 0.05) is 12.7 Å². The maximum atomic E-state index is 14.1. The van der Waals surface area contributed by atoms with E-state index < -0.39 is 0 Å². The molecule has 0 saturated carbocycles. The molecule has 1 amide bonds. The average Bonchev–Trinajstić information content (AvgIpc) is 3.15. The fraction of sp³-hybridized carbons (Fsp3) is 0.125. The highest BCUT2D eigenvalue weighted by Gasteiger charge is 2.16. The quantitative estimate of drug-likeness (QED) is 0.420. The summed E-state index contributed by atoms with van der Waals surface area (Å²) in [6.45, 7) is 0. The lowest BCUT2D eigenvalue weighted by atomic mass is 10.0. The molecule has 0 aliphatic rings. The van der Waals surface area contributed by atoms with Crippen LogP contribution in [-0.2, 0) is 18.3 Å². The Morgan fingerprint density at radius 3 is 2.48 bits per heavy atom. The first-order valence-electron chi connectivity index (χ1n) is 9.80. The number of thioether (sulfide) groups is 1. The Labute approximate surface area is 184 Å². The Balaban J connectivity index is 1.41. The number of nitrogens with zero attached hydrogens (tertiary/aromatic N) is 3. The third-order valence-corrected chi connectivity index (χ3v) is 5.83. The molecule has 0 radical (unpaired) electrons. The number of anilines is 1. The van der Waals surface area contributed by atoms with Crippen molar-refractivity contribution in [3.05, 3.63) is 95.8 Å². The van der Waals surface area contributed by atoms with E-state index in [1.165, 1.54) is 23.4 Å². The van der Waals surface area contributed by atoms with Crippen LogP contribution in [0, 0.1) is 5.82 Å². The molecule has 156 valence electrons. The Morgan fingerprint density at radius 2 is 1.68 bits per heavy atom. The highest BCUT2D eigenvalue weighted by molar-refractivity contribution is 7.99. The molecule has 0 bridgehead atoms. The molecule has 7 heteroatoms. The molecule has 0 saturated heterocycles. The van der Waals surface area contributed by atoms with Crippen molar-refractivity contribution >= 4 is 23.4 Å². The van der Waals surface area contributed by atoms with Crippen molar-refractivity contribution < 1.29 is 9.18 Å². The summed E-state index contributed by atoms with van der Waals surface area (Å²) < 4.78 is 15.8. The SMILES string of the molecule is Cn1c(SCC(=O)Nc2ccccc2Cc2ccccc2)nnc1-c1ccccc1F. The smallest absolute Gasteiger partial charge is 0.234 e. The van der Waals surface area contributed by atoms with Crippen LogP contribution in [0.3, 0.4) is 0 Å². The van der Waals surface area contributed by atoms with Gasteiger partial charge in [0.2, 0.25) is 5.91 Å². The van der Waals surface area contributed by atoms with E-state index in [0.717, 1.165) is 17.7 Å². The van der Waals surface area contributed by atoms with E-state index in [9.17, 15) is 9.18 Å². The van der Waals surface area contributed by atoms with Gasteiger partial charge in [0.25, 0.3) is 0 Å². The fourth-order valence-corrected chi connectivity index (χ4v) is 3.96. The highest BCUT2D eigenvalue weighted by Crippen LogP contribution is 2.25. The zero-order valence-corrected chi connectivity index (χ0v) is 17.8. The summed E-state index contributed by atoms with van der Waals surface area (Å²) in [5, 5.41) is 11.7. The Kier molecular flexibility index (Phi) is 6.43. The number of hydrogen-bond donors (Lipinski definition) is 1. The van der Waals surface area contributed by atoms with Gasteiger partial charge < -0.3 is 9.88 Å². The van der Waals surface area contributed by atoms with Gasteiger partial charge in [-0.05, 0) is 35.7 Å². The molecule has 4 rings (SSSR count). The summed E-state index contributed by atoms with van der Waals surface area (Å²) in [5.41, 5.74) is 3.40. The predicted octanol–water partition coefficient (Wildman–Crippen LogP) is 4.94. The maximum absolute atomic E-state index is 14.1. The zero-order chi connectivity index (χ0) is 21.6. The Hall–Kier alpha value is -3.45. The first-order valence-corrected chi connectivity index (χ1v) is 10.8. The van der Waals surface area contributed by atoms with E-state index in [-0.39, 0.29) is 17.5 Å². The second kappa shape index (κ2) is 9.57. The maximum Gasteiger partial charge on any atom is 0.234 e. The molecule has 5 nitrogen and oxygen atoms in total. The van der Waals surface area contributed by atoms with Crippen molar-refractivity contribution in [2.24, 2.45) is 7.05 Å². The monoisotopic (exact) mass is 432 g/mol. The van der Waals surface area contributed by atoms with E-state index in [4.69, 9.17) is 0 Å². The van der Waals surface area contributed by atoms with Crippen LogP contribution >= 0.6 is 11.8 Å². The molecule has 4 aromatic rings. The minimum atomic E-state index is -0.359. The lowest BCUT2D eigenvalue weighted by Gasteiger charge is -2.11. The molecule has 0 atom stereocenters. The van der Waals surface area contributed by atoms with E-state index >= 15 is 0 Å². The number of amides is 1. The molecule has 1 aromatic heterocycles. The van der Waals surface area contributed by atoms with Gasteiger partial charge in [0.15, 0.2) is 11.0 Å². The number of para-hydroxylation sites is 1. The average molecular weight is 433 g/mol. The third-order valence-electron chi connectivity index (χ3n) is 4.81. The van der Waals surface area contributed by atoms with Crippen LogP contribution in [0.2, 0.25) is 0 Å². The predicted molar refractivity (Wildman–Crippen MR) is 121 cm³/mol. The largest absolute Gasteiger partial charge is 0.325 e. The zero-order valence-electron chi connectivity index (χ0n) is 17.0. The van der Waals surface area contributed by atoms with Gasteiger partial charge in [-0.2, -0.15) is 0 Å². The van der Waals surface area contributed by atoms with Crippen molar-refractivity contribution in [1.82, 2.24) is 14.8 Å². The number of hydrogen-bond acceptors (Lipinski definition) is 4. The fourth-order valence-electron chi connectivity index (χ4n) is 3.25. The van der Waals surface area contributed by atoms with E-state index in [1.54, 1.807) is 29.8 Å². The number of carbonyl (C=O) groups is 1. The van der Waals surface area contributed by atoms with Crippen LogP contribution in [0.15, 0.2) is 84.0 Å². The van der Waals surface area contributed by atoms with Gasteiger partial charge in [-0.3, -0.25) is 4.79 Å². The summed E-state index contributed by atoms with van der Waals surface area (Å²) in [6, 6.07) is 24.3. The second-order valence-electron chi connectivity index (χ2n) is 7.00. The van der Waals surface area contributed by atoms with Gasteiger partial charge in [0.05, 0.1) is 11.3 Å². The molecule has 0 aliphatic carbocycles. The molecule has 1 heterocycles. The van der Waals surface area contributed by atoms with E-state index in [1.807, 2.05) is 42.5 Å². The Morgan fingerprint density at radius 1 is 0.968 bits per heavy atom. The molecular formula is C24H21FN4OS. The molecule has 0 unspecified atom stereocenters. The number of rotatable bonds is 7. The molecule has 31 heavy (non-hydrogen) atoms. The van der Waals surface area contributed by atoms with Gasteiger partial charge in [0.1, 0.15) is 5.82 Å². The van der Waals surface area contributed by atoms with Crippen LogP contribution < -0.4 is 5.32 Å². The van der Waals surface area contributed by atoms with E-state index in [2.05, 4.69) is 27.6 Å². The standard InChI is InChI=1S/C24H21FN4OS/c1-29-23(19-12-6-7-13-20(19)25)27-28-24(29)31-16-22(30)26-21-14-8-5-11-18(21)15-17-9-3-2-4-10-17/h2-14H,15-16H2,1H3,(H,26,30). The number of carbonyl (C=O) groups excluding carboxylic acids is 1. The lowest BCUT2D eigenvalue weighted by Crippen LogP contribution is -2.15. The van der Waals surface area contributed by atoms with Crippen molar-refractivity contribution in [1.29, 1.82) is 0 Å². The van der Waals surface area contributed by atoms with Crippen molar-refractivity contribution in [3.8, 4) is 11.4 Å². The molecule has 0 spiro atoms. The van der Waals surface area contributed by atoms with Gasteiger partial charge in [-0.15, -0.1) is 10.2 Å². The summed E-state index contributed by atoms with van der Waals surface area (Å²) in [4.78, 5) is 12.6. The van der Waals surface area contributed by atoms with Crippen LogP contribution in [0.1, 0.15) is 11.1 Å². The number of nitrogens with one attached hydrogen (secondary N) is 1. The molecular weight excluding hydrogens is 411 g/mol. The number of halogens is 1. The minimum Gasteiger partial charge on any atom is -0.325 e. The Bertz CT molecular complexity index is 1190. The minimum absolute atomic E-state index is 0.138. The third kappa shape index (κ3) is 5.00. The van der Waals surface area contributed by atoms with E-state index in [0.29, 0.717) is 16.5 Å². The molecule has 0 aliphatic heterocycles. The first kappa shape index (κ1) is 20.8. The second-order valence-corrected chi connectivity index (χ2v) is 7.94. The summed E-state index contributed by atoms with van der Waals surface area (Å²) in [7, 11) is 1.76. The van der Waals surface area contributed by atoms with Crippen molar-refractivity contribution in [2.75, 3.05) is 11.1 Å². The van der Waals surface area contributed by atoms with Crippen LogP contribution in [0.25, 0.3) is 11.4 Å². The van der Waals surface area contributed by atoms with Crippen LogP contribution in [0.4, 0.5) is 10.1 Å². The van der Waals surface area contributed by atoms with Gasteiger partial charge in [-0.25, -0.2) is 4.39 Å². The van der Waals surface area contributed by atoms with Crippen molar-refractivity contribution in [2.45, 2.75) is 11.6 Å². The lowest BCUT2D eigenvalue weighted by molar-refractivity contribution is -0.113. The van der Waals surface area contributed by atoms with Crippen LogP contribution in [0.5, 0.6) is 0 Å². The highest BCUT2D eigenvalue weighted by atomic mass is 32.2. The van der Waals surface area contributed by atoms with Crippen molar-refractivity contribution in [3.63, 3.8) is 0 Å². The summed E-state index contributed by atoms with van der Waals surface area (Å²) in [5.74, 6) is 0.0978. The summed E-state index contributed by atoms with van der Waals surface area (Å²) >= 11 is 1.26. The molecule has 1 N–H and O–H groups in total.